The zero-order chi connectivity index (χ0) is 8.72. The molecule has 0 fully saturated rings. The second kappa shape index (κ2) is 2.77. The zero-order valence-corrected chi connectivity index (χ0v) is 9.02. The van der Waals surface area contributed by atoms with Crippen molar-refractivity contribution in [2.75, 3.05) is 5.73 Å². The lowest BCUT2D eigenvalue weighted by Gasteiger charge is -1.96. The molecule has 62 valence electrons. The summed E-state index contributed by atoms with van der Waals surface area (Å²) in [4.78, 5) is 0. The van der Waals surface area contributed by atoms with E-state index in [-0.39, 0.29) is 5.75 Å². The van der Waals surface area contributed by atoms with Crippen molar-refractivity contribution in [3.8, 4) is 5.75 Å². The highest BCUT2D eigenvalue weighted by atomic mass is 127. The number of fused-ring (bicyclic) bond motifs is 1. The van der Waals surface area contributed by atoms with Crippen LogP contribution in [0.25, 0.3) is 10.1 Å². The number of anilines is 1. The summed E-state index contributed by atoms with van der Waals surface area (Å²) in [7, 11) is 0. The van der Waals surface area contributed by atoms with E-state index >= 15 is 0 Å². The predicted octanol–water partition coefficient (Wildman–Crippen LogP) is 2.79. The number of nitrogen functional groups attached to an aromatic ring is 1. The van der Waals surface area contributed by atoms with Crippen LogP contribution in [0.4, 0.5) is 5.69 Å². The number of halogens is 1. The van der Waals surface area contributed by atoms with E-state index in [9.17, 15) is 5.11 Å². The van der Waals surface area contributed by atoms with E-state index in [1.807, 2.05) is 5.38 Å². The number of nitrogens with two attached hydrogens (primary N) is 1. The van der Waals surface area contributed by atoms with Gasteiger partial charge in [0.2, 0.25) is 0 Å². The lowest BCUT2D eigenvalue weighted by Crippen LogP contribution is -1.80. The lowest BCUT2D eigenvalue weighted by molar-refractivity contribution is 0.476. The maximum atomic E-state index is 9.30. The Bertz CT molecular complexity index is 438. The van der Waals surface area contributed by atoms with Crippen molar-refractivity contribution in [3.05, 3.63) is 21.1 Å². The standard InChI is InChI=1S/C8H6INOS/c9-6-2-4(11)1-5-7(10)3-12-8(5)6/h1-3,11H,10H2. The monoisotopic (exact) mass is 291 g/mol. The molecule has 0 amide bonds. The van der Waals surface area contributed by atoms with Gasteiger partial charge in [0.25, 0.3) is 0 Å². The summed E-state index contributed by atoms with van der Waals surface area (Å²) in [6, 6.07) is 3.43. The molecule has 4 heteroatoms. The van der Waals surface area contributed by atoms with Crippen molar-refractivity contribution in [1.29, 1.82) is 0 Å². The van der Waals surface area contributed by atoms with Crippen LogP contribution in [0.1, 0.15) is 0 Å². The maximum Gasteiger partial charge on any atom is 0.117 e. The molecule has 3 N–H and O–H groups in total. The molecule has 2 nitrogen and oxygen atoms in total. The minimum absolute atomic E-state index is 0.275. The number of aromatic hydroxyl groups is 1. The number of phenols is 1. The van der Waals surface area contributed by atoms with E-state index in [1.165, 1.54) is 0 Å². The van der Waals surface area contributed by atoms with Crippen LogP contribution < -0.4 is 5.73 Å². The van der Waals surface area contributed by atoms with Crippen LogP contribution in [-0.4, -0.2) is 5.11 Å². The fraction of sp³-hybridized carbons (Fsp3) is 0. The van der Waals surface area contributed by atoms with Crippen molar-refractivity contribution in [2.45, 2.75) is 0 Å². The lowest BCUT2D eigenvalue weighted by atomic mass is 10.2. The Morgan fingerprint density at radius 2 is 2.17 bits per heavy atom. The van der Waals surface area contributed by atoms with Crippen LogP contribution in [-0.2, 0) is 0 Å². The van der Waals surface area contributed by atoms with Crippen LogP contribution in [0.3, 0.4) is 0 Å². The number of rotatable bonds is 0. The van der Waals surface area contributed by atoms with Crippen LogP contribution in [0, 0.1) is 3.57 Å². The van der Waals surface area contributed by atoms with Gasteiger partial charge in [0.15, 0.2) is 0 Å². The third-order valence-corrected chi connectivity index (χ3v) is 3.91. The van der Waals surface area contributed by atoms with Crippen LogP contribution in [0.2, 0.25) is 0 Å². The van der Waals surface area contributed by atoms with Gasteiger partial charge in [-0.2, -0.15) is 0 Å². The van der Waals surface area contributed by atoms with Crippen molar-refractivity contribution in [2.24, 2.45) is 0 Å². The Labute approximate surface area is 87.1 Å². The minimum Gasteiger partial charge on any atom is -0.508 e. The highest BCUT2D eigenvalue weighted by Gasteiger charge is 2.05. The molecule has 2 rings (SSSR count). The van der Waals surface area contributed by atoms with Crippen molar-refractivity contribution in [1.82, 2.24) is 0 Å². The average Bonchev–Trinajstić information content (AvgIpc) is 2.33. The normalized spacial score (nSPS) is 10.8. The first-order valence-electron chi connectivity index (χ1n) is 3.33. The number of phenolic OH excluding ortho intramolecular Hbond substituents is 1. The van der Waals surface area contributed by atoms with Gasteiger partial charge < -0.3 is 10.8 Å². The molecule has 0 saturated carbocycles. The number of thiophene rings is 1. The molecular formula is C8H6INOS. The van der Waals surface area contributed by atoms with E-state index < -0.39 is 0 Å². The molecule has 0 spiro atoms. The van der Waals surface area contributed by atoms with E-state index in [0.717, 1.165) is 19.3 Å². The summed E-state index contributed by atoms with van der Waals surface area (Å²) in [5.74, 6) is 0.275. The van der Waals surface area contributed by atoms with E-state index in [4.69, 9.17) is 5.73 Å². The smallest absolute Gasteiger partial charge is 0.117 e. The summed E-state index contributed by atoms with van der Waals surface area (Å²) in [6.45, 7) is 0. The second-order valence-corrected chi connectivity index (χ2v) is 4.54. The molecule has 0 atom stereocenters. The fourth-order valence-electron chi connectivity index (χ4n) is 1.10. The second-order valence-electron chi connectivity index (χ2n) is 2.50. The first-order valence-corrected chi connectivity index (χ1v) is 5.29. The van der Waals surface area contributed by atoms with Crippen LogP contribution in [0.15, 0.2) is 17.5 Å². The van der Waals surface area contributed by atoms with Gasteiger partial charge in [0.1, 0.15) is 5.75 Å². The quantitative estimate of drug-likeness (QED) is 0.733. The molecule has 0 aliphatic rings. The molecule has 1 heterocycles. The molecule has 0 bridgehead atoms. The molecule has 1 aromatic heterocycles. The van der Waals surface area contributed by atoms with Crippen LogP contribution >= 0.6 is 33.9 Å². The first kappa shape index (κ1) is 8.12. The third kappa shape index (κ3) is 1.15. The van der Waals surface area contributed by atoms with Crippen molar-refractivity contribution < 1.29 is 5.11 Å². The number of hydrogen-bond acceptors (Lipinski definition) is 3. The largest absolute Gasteiger partial charge is 0.508 e. The summed E-state index contributed by atoms with van der Waals surface area (Å²) < 4.78 is 2.19. The van der Waals surface area contributed by atoms with Gasteiger partial charge in [-0.25, -0.2) is 0 Å². The zero-order valence-electron chi connectivity index (χ0n) is 6.04. The summed E-state index contributed by atoms with van der Waals surface area (Å²) >= 11 is 3.80. The Hall–Kier alpha value is -0.490. The summed E-state index contributed by atoms with van der Waals surface area (Å²) in [5.41, 5.74) is 6.45. The van der Waals surface area contributed by atoms with Crippen molar-refractivity contribution >= 4 is 49.7 Å². The SMILES string of the molecule is Nc1csc2c(I)cc(O)cc12. The Balaban J connectivity index is 2.92. The van der Waals surface area contributed by atoms with E-state index in [1.54, 1.807) is 23.5 Å². The summed E-state index contributed by atoms with van der Waals surface area (Å²) in [6.07, 6.45) is 0. The molecule has 0 unspecified atom stereocenters. The average molecular weight is 291 g/mol. The maximum absolute atomic E-state index is 9.30. The van der Waals surface area contributed by atoms with Gasteiger partial charge >= 0.3 is 0 Å². The van der Waals surface area contributed by atoms with E-state index in [0.29, 0.717) is 0 Å². The molecule has 0 aliphatic heterocycles. The van der Waals surface area contributed by atoms with Gasteiger partial charge in [0, 0.05) is 19.0 Å². The highest BCUT2D eigenvalue weighted by molar-refractivity contribution is 14.1. The molecule has 1 aromatic carbocycles. The predicted molar refractivity (Wildman–Crippen MR) is 60.6 cm³/mol. The summed E-state index contributed by atoms with van der Waals surface area (Å²) in [5, 5.41) is 12.1. The molecule has 12 heavy (non-hydrogen) atoms. The Kier molecular flexibility index (Phi) is 1.88. The molecule has 0 saturated heterocycles. The Morgan fingerprint density at radius 3 is 2.92 bits per heavy atom. The number of benzene rings is 1. The first-order chi connectivity index (χ1) is 5.68. The van der Waals surface area contributed by atoms with Crippen molar-refractivity contribution in [3.63, 3.8) is 0 Å². The van der Waals surface area contributed by atoms with Gasteiger partial charge in [-0.1, -0.05) is 0 Å². The minimum atomic E-state index is 0.275. The fourth-order valence-corrected chi connectivity index (χ4v) is 2.94. The molecule has 0 radical (unpaired) electrons. The number of hydrogen-bond donors (Lipinski definition) is 2. The topological polar surface area (TPSA) is 46.2 Å². The van der Waals surface area contributed by atoms with Gasteiger partial charge in [-0.15, -0.1) is 11.3 Å². The van der Waals surface area contributed by atoms with Gasteiger partial charge in [-0.05, 0) is 34.7 Å². The third-order valence-electron chi connectivity index (χ3n) is 1.64. The molecule has 0 aliphatic carbocycles. The highest BCUT2D eigenvalue weighted by Crippen LogP contribution is 2.34. The van der Waals surface area contributed by atoms with Crippen LogP contribution in [0.5, 0.6) is 5.75 Å². The van der Waals surface area contributed by atoms with Gasteiger partial charge in [-0.3, -0.25) is 0 Å². The molecular weight excluding hydrogens is 285 g/mol. The van der Waals surface area contributed by atoms with E-state index in [2.05, 4.69) is 22.6 Å². The molecule has 2 aromatic rings. The van der Waals surface area contributed by atoms with Gasteiger partial charge in [0.05, 0.1) is 5.69 Å². The Morgan fingerprint density at radius 1 is 1.42 bits per heavy atom.